The molecule has 0 aliphatic carbocycles. The Morgan fingerprint density at radius 1 is 1.67 bits per heavy atom. The van der Waals surface area contributed by atoms with Gasteiger partial charge >= 0.3 is 0 Å². The first-order chi connectivity index (χ1) is 7.18. The van der Waals surface area contributed by atoms with Crippen molar-refractivity contribution in [1.82, 2.24) is 9.88 Å². The summed E-state index contributed by atoms with van der Waals surface area (Å²) in [7, 11) is 0. The van der Waals surface area contributed by atoms with Gasteiger partial charge in [-0.3, -0.25) is 9.78 Å². The Hall–Kier alpha value is -1.09. The number of likely N-dealkylation sites (tertiary alicyclic amines) is 1. The first-order valence-corrected chi connectivity index (χ1v) is 5.49. The predicted octanol–water partition coefficient (Wildman–Crippen LogP) is 2.36. The zero-order valence-corrected chi connectivity index (χ0v) is 9.37. The Balaban J connectivity index is 2.20. The van der Waals surface area contributed by atoms with Crippen molar-refractivity contribution in [2.75, 3.05) is 6.54 Å². The van der Waals surface area contributed by atoms with Crippen LogP contribution in [0.3, 0.4) is 0 Å². The summed E-state index contributed by atoms with van der Waals surface area (Å²) in [5.74, 6) is -0.0116. The second-order valence-corrected chi connectivity index (χ2v) is 4.29. The standard InChI is InChI=1S/C11H13ClN2O/c1-8-3-2-6-14(8)11(15)10-7-9(12)4-5-13-10/h4-5,7-8H,2-3,6H2,1H3. The lowest BCUT2D eigenvalue weighted by atomic mass is 10.2. The van der Waals surface area contributed by atoms with E-state index in [4.69, 9.17) is 11.6 Å². The molecule has 1 amide bonds. The molecule has 15 heavy (non-hydrogen) atoms. The third-order valence-electron chi connectivity index (χ3n) is 2.75. The number of carbonyl (C=O) groups is 1. The Morgan fingerprint density at radius 2 is 2.47 bits per heavy atom. The van der Waals surface area contributed by atoms with E-state index in [1.165, 1.54) is 0 Å². The van der Waals surface area contributed by atoms with Gasteiger partial charge in [-0.2, -0.15) is 0 Å². The molecule has 0 saturated carbocycles. The SMILES string of the molecule is CC1CCCN1C(=O)c1cc(Cl)ccn1. The van der Waals surface area contributed by atoms with Crippen molar-refractivity contribution in [2.24, 2.45) is 0 Å². The van der Waals surface area contributed by atoms with Gasteiger partial charge in [-0.25, -0.2) is 0 Å². The highest BCUT2D eigenvalue weighted by Gasteiger charge is 2.26. The molecule has 1 aliphatic heterocycles. The molecule has 1 aromatic rings. The van der Waals surface area contributed by atoms with Gasteiger partial charge in [-0.05, 0) is 31.9 Å². The molecule has 2 heterocycles. The average molecular weight is 225 g/mol. The molecule has 0 spiro atoms. The van der Waals surface area contributed by atoms with Crippen LogP contribution in [0.1, 0.15) is 30.3 Å². The van der Waals surface area contributed by atoms with Crippen molar-refractivity contribution in [3.05, 3.63) is 29.0 Å². The second kappa shape index (κ2) is 4.19. The molecule has 0 bridgehead atoms. The van der Waals surface area contributed by atoms with Crippen molar-refractivity contribution >= 4 is 17.5 Å². The van der Waals surface area contributed by atoms with Crippen LogP contribution in [0.25, 0.3) is 0 Å². The molecular formula is C11H13ClN2O. The van der Waals surface area contributed by atoms with E-state index in [0.29, 0.717) is 16.8 Å². The third-order valence-corrected chi connectivity index (χ3v) is 2.99. The summed E-state index contributed by atoms with van der Waals surface area (Å²) < 4.78 is 0. The molecule has 1 fully saturated rings. The summed E-state index contributed by atoms with van der Waals surface area (Å²) in [4.78, 5) is 17.9. The van der Waals surface area contributed by atoms with Crippen molar-refractivity contribution in [3.8, 4) is 0 Å². The lowest BCUT2D eigenvalue weighted by molar-refractivity contribution is 0.0741. The van der Waals surface area contributed by atoms with Gasteiger partial charge in [0.2, 0.25) is 0 Å². The maximum Gasteiger partial charge on any atom is 0.272 e. The first-order valence-electron chi connectivity index (χ1n) is 5.11. The normalized spacial score (nSPS) is 20.7. The van der Waals surface area contributed by atoms with E-state index in [0.717, 1.165) is 19.4 Å². The first kappa shape index (κ1) is 10.4. The molecule has 0 radical (unpaired) electrons. The molecule has 0 N–H and O–H groups in total. The minimum Gasteiger partial charge on any atom is -0.335 e. The van der Waals surface area contributed by atoms with Gasteiger partial charge in [-0.1, -0.05) is 11.6 Å². The summed E-state index contributed by atoms with van der Waals surface area (Å²) in [5, 5.41) is 0.556. The fourth-order valence-electron chi connectivity index (χ4n) is 1.90. The number of nitrogens with zero attached hydrogens (tertiary/aromatic N) is 2. The molecule has 1 aromatic heterocycles. The van der Waals surface area contributed by atoms with Gasteiger partial charge in [0.05, 0.1) is 0 Å². The van der Waals surface area contributed by atoms with E-state index in [-0.39, 0.29) is 5.91 Å². The van der Waals surface area contributed by atoms with Crippen LogP contribution in [0.4, 0.5) is 0 Å². The van der Waals surface area contributed by atoms with Crippen molar-refractivity contribution in [2.45, 2.75) is 25.8 Å². The lowest BCUT2D eigenvalue weighted by Gasteiger charge is -2.20. The molecule has 3 nitrogen and oxygen atoms in total. The zero-order chi connectivity index (χ0) is 10.8. The van der Waals surface area contributed by atoms with Gasteiger partial charge in [-0.15, -0.1) is 0 Å². The van der Waals surface area contributed by atoms with Crippen LogP contribution in [0.15, 0.2) is 18.3 Å². The van der Waals surface area contributed by atoms with Crippen LogP contribution in [0.5, 0.6) is 0 Å². The monoisotopic (exact) mass is 224 g/mol. The minimum atomic E-state index is -0.0116. The highest BCUT2D eigenvalue weighted by molar-refractivity contribution is 6.30. The van der Waals surface area contributed by atoms with Gasteiger partial charge in [0.1, 0.15) is 5.69 Å². The summed E-state index contributed by atoms with van der Waals surface area (Å²) in [6, 6.07) is 3.61. The number of pyridine rings is 1. The van der Waals surface area contributed by atoms with Crippen LogP contribution in [-0.2, 0) is 0 Å². The molecular weight excluding hydrogens is 212 g/mol. The van der Waals surface area contributed by atoms with Crippen LogP contribution < -0.4 is 0 Å². The predicted molar refractivity (Wildman–Crippen MR) is 59.0 cm³/mol. The van der Waals surface area contributed by atoms with Gasteiger partial charge in [0, 0.05) is 23.8 Å². The van der Waals surface area contributed by atoms with E-state index in [1.807, 2.05) is 4.90 Å². The molecule has 2 rings (SSSR count). The van der Waals surface area contributed by atoms with E-state index in [2.05, 4.69) is 11.9 Å². The highest BCUT2D eigenvalue weighted by Crippen LogP contribution is 2.19. The zero-order valence-electron chi connectivity index (χ0n) is 8.61. The molecule has 4 heteroatoms. The van der Waals surface area contributed by atoms with Crippen molar-refractivity contribution < 1.29 is 4.79 Å². The van der Waals surface area contributed by atoms with Crippen LogP contribution in [-0.4, -0.2) is 28.4 Å². The Bertz CT molecular complexity index is 381. The van der Waals surface area contributed by atoms with Crippen LogP contribution >= 0.6 is 11.6 Å². The summed E-state index contributed by atoms with van der Waals surface area (Å²) in [6.45, 7) is 2.89. The number of hydrogen-bond donors (Lipinski definition) is 0. The van der Waals surface area contributed by atoms with Crippen molar-refractivity contribution in [3.63, 3.8) is 0 Å². The minimum absolute atomic E-state index is 0.0116. The highest BCUT2D eigenvalue weighted by atomic mass is 35.5. The molecule has 80 valence electrons. The fraction of sp³-hybridized carbons (Fsp3) is 0.455. The molecule has 1 unspecified atom stereocenters. The lowest BCUT2D eigenvalue weighted by Crippen LogP contribution is -2.34. The van der Waals surface area contributed by atoms with Crippen LogP contribution in [0.2, 0.25) is 5.02 Å². The second-order valence-electron chi connectivity index (χ2n) is 3.85. The fourth-order valence-corrected chi connectivity index (χ4v) is 2.06. The van der Waals surface area contributed by atoms with Crippen molar-refractivity contribution in [1.29, 1.82) is 0 Å². The Morgan fingerprint density at radius 3 is 3.07 bits per heavy atom. The number of rotatable bonds is 1. The number of amides is 1. The third kappa shape index (κ3) is 2.12. The number of aromatic nitrogens is 1. The molecule has 1 atom stereocenters. The van der Waals surface area contributed by atoms with Gasteiger partial charge in [0.25, 0.3) is 5.91 Å². The maximum absolute atomic E-state index is 12.0. The summed E-state index contributed by atoms with van der Waals surface area (Å²) in [6.07, 6.45) is 3.72. The Kier molecular flexibility index (Phi) is 2.91. The van der Waals surface area contributed by atoms with Gasteiger partial charge < -0.3 is 4.90 Å². The number of halogens is 1. The molecule has 1 saturated heterocycles. The van der Waals surface area contributed by atoms with E-state index < -0.39 is 0 Å². The smallest absolute Gasteiger partial charge is 0.272 e. The number of hydrogen-bond acceptors (Lipinski definition) is 2. The Labute approximate surface area is 94.1 Å². The van der Waals surface area contributed by atoms with E-state index in [1.54, 1.807) is 18.3 Å². The van der Waals surface area contributed by atoms with Gasteiger partial charge in [0.15, 0.2) is 0 Å². The molecule has 0 aromatic carbocycles. The van der Waals surface area contributed by atoms with E-state index in [9.17, 15) is 4.79 Å². The largest absolute Gasteiger partial charge is 0.335 e. The summed E-state index contributed by atoms with van der Waals surface area (Å²) >= 11 is 5.82. The quantitative estimate of drug-likeness (QED) is 0.734. The number of carbonyl (C=O) groups excluding carboxylic acids is 1. The van der Waals surface area contributed by atoms with E-state index >= 15 is 0 Å². The average Bonchev–Trinajstić information content (AvgIpc) is 2.63. The topological polar surface area (TPSA) is 33.2 Å². The van der Waals surface area contributed by atoms with Crippen LogP contribution in [0, 0.1) is 0 Å². The maximum atomic E-state index is 12.0. The molecule has 1 aliphatic rings. The summed E-state index contributed by atoms with van der Waals surface area (Å²) in [5.41, 5.74) is 0.441.